The molecule has 1 aromatic heterocycles. The van der Waals surface area contributed by atoms with E-state index in [9.17, 15) is 0 Å². The summed E-state index contributed by atoms with van der Waals surface area (Å²) < 4.78 is 0. The van der Waals surface area contributed by atoms with Gasteiger partial charge >= 0.3 is 0 Å². The van der Waals surface area contributed by atoms with Crippen molar-refractivity contribution in [3.05, 3.63) is 35.9 Å². The molecule has 3 rings (SSSR count). The zero-order valence-corrected chi connectivity index (χ0v) is 14.7. The molecule has 1 fully saturated rings. The number of rotatable bonds is 4. The second kappa shape index (κ2) is 7.19. The van der Waals surface area contributed by atoms with Crippen LogP contribution in [-0.2, 0) is 0 Å². The Morgan fingerprint density at radius 1 is 1.09 bits per heavy atom. The number of para-hydroxylation sites is 1. The third-order valence-corrected chi connectivity index (χ3v) is 4.66. The Hall–Kier alpha value is -1.79. The molecule has 6 heteroatoms. The number of hydrogen-bond donors (Lipinski definition) is 1. The summed E-state index contributed by atoms with van der Waals surface area (Å²) in [6, 6.07) is 10.3. The van der Waals surface area contributed by atoms with E-state index in [1.807, 2.05) is 18.4 Å². The van der Waals surface area contributed by atoms with E-state index in [2.05, 4.69) is 57.3 Å². The van der Waals surface area contributed by atoms with Crippen molar-refractivity contribution in [3.63, 3.8) is 0 Å². The molecule has 0 bridgehead atoms. The maximum atomic E-state index is 4.68. The normalized spacial score (nSPS) is 15.7. The highest BCUT2D eigenvalue weighted by molar-refractivity contribution is 7.98. The fraction of sp³-hybridized carbons (Fsp3) is 0.412. The lowest BCUT2D eigenvalue weighted by Gasteiger charge is -2.33. The van der Waals surface area contributed by atoms with Crippen LogP contribution < -0.4 is 10.2 Å². The summed E-state index contributed by atoms with van der Waals surface area (Å²) in [5, 5.41) is 4.24. The van der Waals surface area contributed by atoms with E-state index in [1.54, 1.807) is 11.8 Å². The first-order valence-corrected chi connectivity index (χ1v) is 9.07. The molecule has 0 saturated carbocycles. The van der Waals surface area contributed by atoms with Gasteiger partial charge in [-0.25, -0.2) is 9.97 Å². The number of thioether (sulfide) groups is 1. The first-order chi connectivity index (χ1) is 11.2. The van der Waals surface area contributed by atoms with Crippen LogP contribution >= 0.6 is 11.8 Å². The van der Waals surface area contributed by atoms with Gasteiger partial charge in [0.25, 0.3) is 0 Å². The lowest BCUT2D eigenvalue weighted by atomic mass is 10.2. The quantitative estimate of drug-likeness (QED) is 0.687. The summed E-state index contributed by atoms with van der Waals surface area (Å²) in [6.45, 7) is 6.25. The summed E-state index contributed by atoms with van der Waals surface area (Å²) in [6.07, 6.45) is 2.01. The van der Waals surface area contributed by atoms with Crippen molar-refractivity contribution in [1.29, 1.82) is 0 Å². The molecule has 5 nitrogen and oxygen atoms in total. The predicted molar refractivity (Wildman–Crippen MR) is 98.0 cm³/mol. The highest BCUT2D eigenvalue weighted by Crippen LogP contribution is 2.25. The highest BCUT2D eigenvalue weighted by Gasteiger charge is 2.17. The van der Waals surface area contributed by atoms with E-state index >= 15 is 0 Å². The molecule has 23 heavy (non-hydrogen) atoms. The molecule has 2 aromatic rings. The second-order valence-electron chi connectivity index (χ2n) is 5.83. The van der Waals surface area contributed by atoms with Gasteiger partial charge in [-0.1, -0.05) is 30.0 Å². The molecule has 1 N–H and O–H groups in total. The standard InChI is InChI=1S/C17H23N5S/c1-13-6-4-5-7-14(13)18-15-12-16(20-17(19-15)23-3)22-10-8-21(2)9-11-22/h4-7,12H,8-11H2,1-3H3,(H,18,19,20). The Morgan fingerprint density at radius 2 is 1.83 bits per heavy atom. The molecular formula is C17H23N5S. The first kappa shape index (κ1) is 16.1. The molecule has 0 radical (unpaired) electrons. The molecule has 2 heterocycles. The Kier molecular flexibility index (Phi) is 5.03. The molecule has 0 atom stereocenters. The summed E-state index contributed by atoms with van der Waals surface area (Å²) in [4.78, 5) is 14.0. The minimum atomic E-state index is 0.803. The Balaban J connectivity index is 1.86. The van der Waals surface area contributed by atoms with Crippen LogP contribution in [0.1, 0.15) is 5.56 Å². The van der Waals surface area contributed by atoms with Crippen LogP contribution in [-0.4, -0.2) is 54.4 Å². The van der Waals surface area contributed by atoms with Crippen molar-refractivity contribution >= 4 is 29.1 Å². The van der Waals surface area contributed by atoms with Crippen molar-refractivity contribution in [2.24, 2.45) is 0 Å². The highest BCUT2D eigenvalue weighted by atomic mass is 32.2. The van der Waals surface area contributed by atoms with Crippen LogP contribution in [0.3, 0.4) is 0 Å². The zero-order chi connectivity index (χ0) is 16.2. The second-order valence-corrected chi connectivity index (χ2v) is 6.60. The number of likely N-dealkylation sites (N-methyl/N-ethyl adjacent to an activating group) is 1. The van der Waals surface area contributed by atoms with Crippen LogP contribution in [0.5, 0.6) is 0 Å². The van der Waals surface area contributed by atoms with Crippen LogP contribution in [0.2, 0.25) is 0 Å². The van der Waals surface area contributed by atoms with Crippen molar-refractivity contribution < 1.29 is 0 Å². The lowest BCUT2D eigenvalue weighted by Crippen LogP contribution is -2.44. The van der Waals surface area contributed by atoms with Gasteiger partial charge < -0.3 is 15.1 Å². The fourth-order valence-electron chi connectivity index (χ4n) is 2.62. The Bertz CT molecular complexity index is 668. The van der Waals surface area contributed by atoms with Crippen LogP contribution in [0, 0.1) is 6.92 Å². The fourth-order valence-corrected chi connectivity index (χ4v) is 2.99. The van der Waals surface area contributed by atoms with E-state index in [0.717, 1.165) is 48.7 Å². The maximum Gasteiger partial charge on any atom is 0.191 e. The van der Waals surface area contributed by atoms with Crippen LogP contribution in [0.25, 0.3) is 0 Å². The van der Waals surface area contributed by atoms with E-state index < -0.39 is 0 Å². The molecular weight excluding hydrogens is 306 g/mol. The molecule has 0 unspecified atom stereocenters. The largest absolute Gasteiger partial charge is 0.354 e. The molecule has 1 aromatic carbocycles. The molecule has 122 valence electrons. The van der Waals surface area contributed by atoms with E-state index in [0.29, 0.717) is 0 Å². The van der Waals surface area contributed by atoms with Crippen molar-refractivity contribution in [2.75, 3.05) is 49.7 Å². The van der Waals surface area contributed by atoms with Crippen LogP contribution in [0.4, 0.5) is 17.3 Å². The van der Waals surface area contributed by atoms with E-state index in [4.69, 9.17) is 0 Å². The molecule has 0 spiro atoms. The number of hydrogen-bond acceptors (Lipinski definition) is 6. The lowest BCUT2D eigenvalue weighted by molar-refractivity contribution is 0.312. The number of piperazine rings is 1. The average Bonchev–Trinajstić information content (AvgIpc) is 2.57. The molecule has 0 aliphatic carbocycles. The van der Waals surface area contributed by atoms with Gasteiger partial charge in [0.1, 0.15) is 11.6 Å². The number of aryl methyl sites for hydroxylation is 1. The van der Waals surface area contributed by atoms with Gasteiger partial charge in [0.15, 0.2) is 5.16 Å². The third-order valence-electron chi connectivity index (χ3n) is 4.11. The third kappa shape index (κ3) is 3.95. The Labute approximate surface area is 142 Å². The van der Waals surface area contributed by atoms with Crippen molar-refractivity contribution in [3.8, 4) is 0 Å². The minimum absolute atomic E-state index is 0.803. The van der Waals surface area contributed by atoms with Gasteiger partial charge in [0, 0.05) is 37.9 Å². The van der Waals surface area contributed by atoms with Crippen molar-refractivity contribution in [1.82, 2.24) is 14.9 Å². The molecule has 1 aliphatic heterocycles. The van der Waals surface area contributed by atoms with Gasteiger partial charge in [-0.05, 0) is 31.9 Å². The maximum absolute atomic E-state index is 4.68. The van der Waals surface area contributed by atoms with E-state index in [1.165, 1.54) is 5.56 Å². The topological polar surface area (TPSA) is 44.3 Å². The van der Waals surface area contributed by atoms with Gasteiger partial charge in [0.05, 0.1) is 0 Å². The number of benzene rings is 1. The van der Waals surface area contributed by atoms with Crippen molar-refractivity contribution in [2.45, 2.75) is 12.1 Å². The molecule has 1 saturated heterocycles. The summed E-state index contributed by atoms with van der Waals surface area (Å²) in [7, 11) is 2.16. The average molecular weight is 329 g/mol. The summed E-state index contributed by atoms with van der Waals surface area (Å²) >= 11 is 1.58. The van der Waals surface area contributed by atoms with Gasteiger partial charge in [-0.2, -0.15) is 0 Å². The Morgan fingerprint density at radius 3 is 2.52 bits per heavy atom. The smallest absolute Gasteiger partial charge is 0.191 e. The monoisotopic (exact) mass is 329 g/mol. The number of nitrogens with zero attached hydrogens (tertiary/aromatic N) is 4. The van der Waals surface area contributed by atoms with Gasteiger partial charge in [-0.15, -0.1) is 0 Å². The van der Waals surface area contributed by atoms with Gasteiger partial charge in [0.2, 0.25) is 0 Å². The minimum Gasteiger partial charge on any atom is -0.354 e. The molecule has 1 aliphatic rings. The first-order valence-electron chi connectivity index (χ1n) is 7.85. The summed E-state index contributed by atoms with van der Waals surface area (Å²) in [5.74, 6) is 1.86. The predicted octanol–water partition coefficient (Wildman–Crippen LogP) is 3.00. The number of nitrogens with one attached hydrogen (secondary N) is 1. The SMILES string of the molecule is CSc1nc(Nc2ccccc2C)cc(N2CCN(C)CC2)n1. The number of aromatic nitrogens is 2. The van der Waals surface area contributed by atoms with Gasteiger partial charge in [-0.3, -0.25) is 0 Å². The zero-order valence-electron chi connectivity index (χ0n) is 13.9. The van der Waals surface area contributed by atoms with Crippen LogP contribution in [0.15, 0.2) is 35.5 Å². The summed E-state index contributed by atoms with van der Waals surface area (Å²) in [5.41, 5.74) is 2.29. The number of anilines is 3. The molecule has 0 amide bonds. The van der Waals surface area contributed by atoms with E-state index in [-0.39, 0.29) is 0 Å².